The fourth-order valence-corrected chi connectivity index (χ4v) is 0. The summed E-state index contributed by atoms with van der Waals surface area (Å²) >= 11 is 0. The SMILES string of the molecule is [SiH3]N[SiH2][SiH3]. The third kappa shape index (κ3) is 2.61. The van der Waals surface area contributed by atoms with Crippen molar-refractivity contribution in [2.45, 2.75) is 0 Å². The van der Waals surface area contributed by atoms with Crippen LogP contribution in [-0.2, 0) is 0 Å². The Balaban J connectivity index is 1.97. The van der Waals surface area contributed by atoms with Gasteiger partial charge in [-0.25, -0.2) is 0 Å². The summed E-state index contributed by atoms with van der Waals surface area (Å²) in [6.45, 7) is 0. The number of nitrogens with one attached hydrogen (secondary N) is 1. The van der Waals surface area contributed by atoms with Gasteiger partial charge in [0.2, 0.25) is 0 Å². The highest BCUT2D eigenvalue weighted by Crippen LogP contribution is 1.13. The van der Waals surface area contributed by atoms with E-state index in [4.69, 9.17) is 0 Å². The maximum Gasteiger partial charge on any atom is 0.0670 e. The largest absolute Gasteiger partial charge is 0.374 e. The monoisotopic (exact) mass is 107 g/mol. The smallest absolute Gasteiger partial charge is 0.0670 e. The Morgan fingerprint density at radius 2 is 2.00 bits per heavy atom. The fraction of sp³-hybridized carbons (Fsp3) is 0. The molecule has 0 amide bonds. The Bertz CT molecular complexity index is 5.25. The molecule has 0 rings (SSSR count). The number of hydrogen-bond donors (Lipinski definition) is 1. The first kappa shape index (κ1) is 4.61. The van der Waals surface area contributed by atoms with Crippen molar-refractivity contribution in [3.05, 3.63) is 0 Å². The quantitative estimate of drug-likeness (QED) is 0.339. The molecule has 0 aliphatic rings. The van der Waals surface area contributed by atoms with Gasteiger partial charge in [0, 0.05) is 9.76 Å². The Morgan fingerprint density at radius 1 is 1.75 bits per heavy atom. The number of rotatable bonds is 1. The van der Waals surface area contributed by atoms with Crippen LogP contribution >= 0.6 is 0 Å². The lowest BCUT2D eigenvalue weighted by Gasteiger charge is -1.74. The van der Waals surface area contributed by atoms with Gasteiger partial charge in [-0.1, -0.05) is 0 Å². The molecule has 0 atom stereocenters. The second kappa shape index (κ2) is 3.61. The third-order valence-corrected chi connectivity index (χ3v) is 9.55. The van der Waals surface area contributed by atoms with E-state index in [9.17, 15) is 0 Å². The Labute approximate surface area is 34.8 Å². The maximum atomic E-state index is 3.27. The Hall–Kier alpha value is 0.611. The highest BCUT2D eigenvalue weighted by Gasteiger charge is 1.54. The summed E-state index contributed by atoms with van der Waals surface area (Å²) in [7, 11) is 3.06. The van der Waals surface area contributed by atoms with Gasteiger partial charge < -0.3 is 4.65 Å². The van der Waals surface area contributed by atoms with Gasteiger partial charge in [-0.2, -0.15) is 0 Å². The second-order valence-corrected chi connectivity index (χ2v) is 6.36. The van der Waals surface area contributed by atoms with Gasteiger partial charge in [0.15, 0.2) is 0 Å². The van der Waals surface area contributed by atoms with Crippen molar-refractivity contribution in [3.63, 3.8) is 0 Å². The molecule has 4 heavy (non-hydrogen) atoms. The summed E-state index contributed by atoms with van der Waals surface area (Å²) < 4.78 is 3.27. The molecule has 0 aromatic carbocycles. The van der Waals surface area contributed by atoms with Gasteiger partial charge in [-0.05, 0) is 0 Å². The van der Waals surface area contributed by atoms with Crippen LogP contribution in [-0.4, -0.2) is 29.4 Å². The van der Waals surface area contributed by atoms with Crippen LogP contribution in [0.3, 0.4) is 0 Å². The molecule has 0 spiro atoms. The van der Waals surface area contributed by atoms with Crippen LogP contribution in [0.2, 0.25) is 0 Å². The van der Waals surface area contributed by atoms with Crippen LogP contribution in [0.5, 0.6) is 0 Å². The first-order valence-corrected chi connectivity index (χ1v) is 8.92. The van der Waals surface area contributed by atoms with E-state index in [-0.39, 0.29) is 0 Å². The van der Waals surface area contributed by atoms with Crippen LogP contribution < -0.4 is 4.65 Å². The van der Waals surface area contributed by atoms with Crippen LogP contribution in [0.1, 0.15) is 0 Å². The summed E-state index contributed by atoms with van der Waals surface area (Å²) in [5.74, 6) is 0. The lowest BCUT2D eigenvalue weighted by molar-refractivity contribution is 1.67. The molecule has 0 aromatic heterocycles. The van der Waals surface area contributed by atoms with Crippen LogP contribution in [0.25, 0.3) is 0 Å². The molecule has 0 radical (unpaired) electrons. The minimum atomic E-state index is 0.375. The molecule has 4 heteroatoms. The van der Waals surface area contributed by atoms with Crippen molar-refractivity contribution in [1.29, 1.82) is 0 Å². The summed E-state index contributed by atoms with van der Waals surface area (Å²) in [6, 6.07) is 0. The molecule has 1 N–H and O–H groups in total. The zero-order valence-corrected chi connectivity index (χ0v) is 8.62. The summed E-state index contributed by atoms with van der Waals surface area (Å²) in [6.07, 6.45) is 0. The van der Waals surface area contributed by atoms with Crippen LogP contribution in [0.4, 0.5) is 0 Å². The fourth-order valence-electron chi connectivity index (χ4n) is 0. The molecule has 26 valence electrons. The molecule has 0 saturated heterocycles. The molecule has 1 nitrogen and oxygen atoms in total. The average molecular weight is 107 g/mol. The highest BCUT2D eigenvalue weighted by molar-refractivity contribution is 6.89. The molecular formula is H9NSi3. The maximum absolute atomic E-state index is 3.27. The van der Waals surface area contributed by atoms with E-state index in [0.717, 1.165) is 0 Å². The Morgan fingerprint density at radius 3 is 2.00 bits per heavy atom. The van der Waals surface area contributed by atoms with Crippen molar-refractivity contribution in [2.75, 3.05) is 0 Å². The third-order valence-electron chi connectivity index (χ3n) is 0.354. The topological polar surface area (TPSA) is 12.0 Å². The summed E-state index contributed by atoms with van der Waals surface area (Å²) in [5.41, 5.74) is 0. The minimum Gasteiger partial charge on any atom is -0.374 e. The van der Waals surface area contributed by atoms with E-state index in [1.54, 1.807) is 0 Å². The molecule has 0 aliphatic heterocycles. The van der Waals surface area contributed by atoms with Gasteiger partial charge in [0.25, 0.3) is 0 Å². The molecule has 0 saturated carbocycles. The number of hydrogen-bond acceptors (Lipinski definition) is 1. The highest BCUT2D eigenvalue weighted by atomic mass is 29.1. The van der Waals surface area contributed by atoms with Gasteiger partial charge in [-0.15, -0.1) is 0 Å². The molecule has 0 aliphatic carbocycles. The zero-order valence-electron chi connectivity index (χ0n) is 3.21. The Kier molecular flexibility index (Phi) is 4.16. The summed E-state index contributed by atoms with van der Waals surface area (Å²) in [5, 5.41) is 0. The van der Waals surface area contributed by atoms with E-state index in [0.29, 0.717) is 9.20 Å². The van der Waals surface area contributed by atoms with Gasteiger partial charge in [0.05, 0.1) is 19.6 Å². The average Bonchev–Trinajstić information content (AvgIpc) is 1.37. The van der Waals surface area contributed by atoms with Crippen molar-refractivity contribution >= 4 is 29.4 Å². The van der Waals surface area contributed by atoms with Crippen LogP contribution in [0, 0.1) is 0 Å². The molecule has 0 aromatic rings. The summed E-state index contributed by atoms with van der Waals surface area (Å²) in [4.78, 5) is 0. The van der Waals surface area contributed by atoms with Crippen molar-refractivity contribution in [3.8, 4) is 0 Å². The first-order chi connectivity index (χ1) is 1.91. The van der Waals surface area contributed by atoms with E-state index < -0.39 is 0 Å². The lowest BCUT2D eigenvalue weighted by Crippen LogP contribution is -2.13. The predicted molar refractivity (Wildman–Crippen MR) is 31.6 cm³/mol. The molecule has 0 unspecified atom stereocenters. The zero-order chi connectivity index (χ0) is 3.41. The molecule has 0 fully saturated rings. The first-order valence-electron chi connectivity index (χ1n) is 1.56. The second-order valence-electron chi connectivity index (χ2n) is 0.707. The van der Waals surface area contributed by atoms with Gasteiger partial charge in [0.1, 0.15) is 0 Å². The van der Waals surface area contributed by atoms with Crippen molar-refractivity contribution < 1.29 is 0 Å². The van der Waals surface area contributed by atoms with E-state index in [1.807, 2.05) is 0 Å². The van der Waals surface area contributed by atoms with Crippen LogP contribution in [0.15, 0.2) is 0 Å². The lowest BCUT2D eigenvalue weighted by atomic mass is 13.9. The molecular weight excluding hydrogens is 98.3 g/mol. The van der Waals surface area contributed by atoms with Gasteiger partial charge >= 0.3 is 0 Å². The van der Waals surface area contributed by atoms with E-state index >= 15 is 0 Å². The molecule has 0 heterocycles. The van der Waals surface area contributed by atoms with E-state index in [1.165, 1.54) is 20.2 Å². The van der Waals surface area contributed by atoms with E-state index in [2.05, 4.69) is 4.65 Å². The molecule has 0 bridgehead atoms. The van der Waals surface area contributed by atoms with Crippen molar-refractivity contribution in [1.82, 2.24) is 4.65 Å². The normalized spacial score (nSPS) is 12.0. The van der Waals surface area contributed by atoms with Crippen molar-refractivity contribution in [2.24, 2.45) is 0 Å². The standard InChI is InChI=1S/H9NSi3/c2-1-4-3/h1H,4H2,2-3H3. The minimum absolute atomic E-state index is 0.375. The van der Waals surface area contributed by atoms with Gasteiger partial charge in [-0.3, -0.25) is 0 Å². The predicted octanol–water partition coefficient (Wildman–Crippen LogP) is -3.78.